The molecule has 0 aromatic rings. The highest BCUT2D eigenvalue weighted by Gasteiger charge is 2.18. The van der Waals surface area contributed by atoms with Crippen molar-refractivity contribution in [2.24, 2.45) is 0 Å². The Hall–Kier alpha value is -0.770. The predicted molar refractivity (Wildman–Crippen MR) is 75.8 cm³/mol. The number of carbonyl (C=O) groups excluding carboxylic acids is 1. The van der Waals surface area contributed by atoms with Gasteiger partial charge in [-0.15, -0.1) is 0 Å². The van der Waals surface area contributed by atoms with Crippen molar-refractivity contribution in [3.63, 3.8) is 0 Å². The van der Waals surface area contributed by atoms with Gasteiger partial charge >= 0.3 is 6.03 Å². The molecule has 0 heterocycles. The lowest BCUT2D eigenvalue weighted by Crippen LogP contribution is -2.46. The highest BCUT2D eigenvalue weighted by molar-refractivity contribution is 5.74. The van der Waals surface area contributed by atoms with Crippen LogP contribution >= 0.6 is 0 Å². The molecule has 4 nitrogen and oxygen atoms in total. The first-order chi connectivity index (χ1) is 8.63. The average Bonchev–Trinajstić information content (AvgIpc) is 2.35. The lowest BCUT2D eigenvalue weighted by molar-refractivity contribution is 0.190. The Balaban J connectivity index is 2.27. The van der Waals surface area contributed by atoms with E-state index in [1.807, 2.05) is 4.90 Å². The summed E-state index contributed by atoms with van der Waals surface area (Å²) >= 11 is 0. The summed E-state index contributed by atoms with van der Waals surface area (Å²) in [5.41, 5.74) is 0. The number of urea groups is 1. The molecule has 1 aliphatic carbocycles. The van der Waals surface area contributed by atoms with E-state index in [2.05, 4.69) is 31.2 Å². The van der Waals surface area contributed by atoms with Crippen LogP contribution in [0.2, 0.25) is 0 Å². The summed E-state index contributed by atoms with van der Waals surface area (Å²) in [5.74, 6) is 0. The molecule has 0 aromatic carbocycles. The second-order valence-corrected chi connectivity index (χ2v) is 5.52. The molecule has 0 radical (unpaired) electrons. The van der Waals surface area contributed by atoms with Crippen molar-refractivity contribution < 1.29 is 4.79 Å². The Kier molecular flexibility index (Phi) is 7.09. The van der Waals surface area contributed by atoms with Crippen LogP contribution < -0.4 is 5.32 Å². The molecule has 0 unspecified atom stereocenters. The lowest BCUT2D eigenvalue weighted by Gasteiger charge is -2.28. The Morgan fingerprint density at radius 2 is 1.83 bits per heavy atom. The number of carbonyl (C=O) groups is 1. The molecular formula is C14H29N3O. The molecule has 18 heavy (non-hydrogen) atoms. The van der Waals surface area contributed by atoms with Gasteiger partial charge in [0.1, 0.15) is 0 Å². The summed E-state index contributed by atoms with van der Waals surface area (Å²) < 4.78 is 0. The van der Waals surface area contributed by atoms with Gasteiger partial charge in [-0.25, -0.2) is 4.79 Å². The number of hydrogen-bond acceptors (Lipinski definition) is 2. The molecule has 0 saturated heterocycles. The smallest absolute Gasteiger partial charge is 0.317 e. The molecule has 0 atom stereocenters. The van der Waals surface area contributed by atoms with Crippen LogP contribution in [0.25, 0.3) is 0 Å². The number of hydrogen-bond donors (Lipinski definition) is 1. The largest absolute Gasteiger partial charge is 0.335 e. The van der Waals surface area contributed by atoms with Crippen molar-refractivity contribution in [2.75, 3.05) is 33.7 Å². The monoisotopic (exact) mass is 255 g/mol. The van der Waals surface area contributed by atoms with E-state index in [1.165, 1.54) is 19.3 Å². The van der Waals surface area contributed by atoms with Crippen molar-refractivity contribution >= 4 is 6.03 Å². The highest BCUT2D eigenvalue weighted by atomic mass is 16.2. The molecule has 1 rings (SSSR count). The first-order valence-electron chi connectivity index (χ1n) is 7.33. The molecule has 0 spiro atoms. The molecule has 4 heteroatoms. The SMILES string of the molecule is CCN(CCCN(C)C)C(=O)NC1CCCCC1. The van der Waals surface area contributed by atoms with E-state index >= 15 is 0 Å². The molecule has 1 saturated carbocycles. The molecule has 2 amide bonds. The predicted octanol–water partition coefficient (Wildman–Crippen LogP) is 2.30. The third-order valence-corrected chi connectivity index (χ3v) is 3.64. The molecule has 0 aliphatic heterocycles. The summed E-state index contributed by atoms with van der Waals surface area (Å²) in [6.07, 6.45) is 7.20. The number of nitrogens with zero attached hydrogens (tertiary/aromatic N) is 2. The number of amides is 2. The van der Waals surface area contributed by atoms with Crippen molar-refractivity contribution in [3.8, 4) is 0 Å². The fourth-order valence-corrected chi connectivity index (χ4v) is 2.49. The maximum Gasteiger partial charge on any atom is 0.317 e. The molecule has 0 aromatic heterocycles. The topological polar surface area (TPSA) is 35.6 Å². The normalized spacial score (nSPS) is 16.9. The van der Waals surface area contributed by atoms with Crippen LogP contribution in [0.1, 0.15) is 45.4 Å². The van der Waals surface area contributed by atoms with E-state index in [0.717, 1.165) is 38.9 Å². The van der Waals surface area contributed by atoms with Gasteiger partial charge in [-0.2, -0.15) is 0 Å². The van der Waals surface area contributed by atoms with E-state index in [9.17, 15) is 4.79 Å². The summed E-state index contributed by atoms with van der Waals surface area (Å²) in [6, 6.07) is 0.539. The molecule has 0 bridgehead atoms. The van der Waals surface area contributed by atoms with Crippen molar-refractivity contribution in [2.45, 2.75) is 51.5 Å². The van der Waals surface area contributed by atoms with Crippen molar-refractivity contribution in [1.29, 1.82) is 0 Å². The van der Waals surface area contributed by atoms with Crippen molar-refractivity contribution in [3.05, 3.63) is 0 Å². The quantitative estimate of drug-likeness (QED) is 0.790. The van der Waals surface area contributed by atoms with Gasteiger partial charge in [0.25, 0.3) is 0 Å². The summed E-state index contributed by atoms with van der Waals surface area (Å²) in [5, 5.41) is 3.18. The first-order valence-corrected chi connectivity index (χ1v) is 7.33. The molecule has 1 aliphatic rings. The van der Waals surface area contributed by atoms with Gasteiger partial charge in [-0.05, 0) is 46.8 Å². The highest BCUT2D eigenvalue weighted by Crippen LogP contribution is 2.17. The fraction of sp³-hybridized carbons (Fsp3) is 0.929. The van der Waals surface area contributed by atoms with Crippen LogP contribution in [0.5, 0.6) is 0 Å². The number of nitrogens with one attached hydrogen (secondary N) is 1. The van der Waals surface area contributed by atoms with Crippen LogP contribution in [0, 0.1) is 0 Å². The molecule has 1 N–H and O–H groups in total. The summed E-state index contributed by atoms with van der Waals surface area (Å²) in [6.45, 7) is 4.74. The zero-order chi connectivity index (χ0) is 13.4. The molecule has 1 fully saturated rings. The van der Waals surface area contributed by atoms with Crippen molar-refractivity contribution in [1.82, 2.24) is 15.1 Å². The third-order valence-electron chi connectivity index (χ3n) is 3.64. The zero-order valence-electron chi connectivity index (χ0n) is 12.2. The van der Waals surface area contributed by atoms with Gasteiger partial charge in [0.15, 0.2) is 0 Å². The second-order valence-electron chi connectivity index (χ2n) is 5.52. The molecule has 106 valence electrons. The van der Waals surface area contributed by atoms with Crippen LogP contribution in [0.3, 0.4) is 0 Å². The lowest BCUT2D eigenvalue weighted by atomic mass is 9.96. The van der Waals surface area contributed by atoms with Crippen LogP contribution in [-0.4, -0.2) is 55.6 Å². The molecular weight excluding hydrogens is 226 g/mol. The van der Waals surface area contributed by atoms with E-state index in [4.69, 9.17) is 0 Å². The van der Waals surface area contributed by atoms with Gasteiger partial charge in [0.2, 0.25) is 0 Å². The minimum absolute atomic E-state index is 0.128. The fourth-order valence-electron chi connectivity index (χ4n) is 2.49. The van der Waals surface area contributed by atoms with E-state index in [-0.39, 0.29) is 6.03 Å². The van der Waals surface area contributed by atoms with E-state index in [0.29, 0.717) is 6.04 Å². The van der Waals surface area contributed by atoms with Gasteiger partial charge in [0.05, 0.1) is 0 Å². The standard InChI is InChI=1S/C14H29N3O/c1-4-17(12-8-11-16(2)3)14(18)15-13-9-6-5-7-10-13/h13H,4-12H2,1-3H3,(H,15,18). The van der Waals surface area contributed by atoms with Gasteiger partial charge < -0.3 is 15.1 Å². The Bertz CT molecular complexity index is 237. The van der Waals surface area contributed by atoms with Gasteiger partial charge in [0, 0.05) is 19.1 Å². The van der Waals surface area contributed by atoms with Crippen LogP contribution in [0.4, 0.5) is 4.79 Å². The maximum absolute atomic E-state index is 12.1. The van der Waals surface area contributed by atoms with Gasteiger partial charge in [-0.3, -0.25) is 0 Å². The number of rotatable bonds is 6. The Labute approximate surface area is 112 Å². The summed E-state index contributed by atoms with van der Waals surface area (Å²) in [4.78, 5) is 16.2. The summed E-state index contributed by atoms with van der Waals surface area (Å²) in [7, 11) is 4.14. The minimum atomic E-state index is 0.128. The first kappa shape index (κ1) is 15.3. The average molecular weight is 255 g/mol. The third kappa shape index (κ3) is 5.71. The maximum atomic E-state index is 12.1. The minimum Gasteiger partial charge on any atom is -0.335 e. The van der Waals surface area contributed by atoms with E-state index in [1.54, 1.807) is 0 Å². The van der Waals surface area contributed by atoms with Crippen LogP contribution in [0.15, 0.2) is 0 Å². The Morgan fingerprint density at radius 3 is 2.39 bits per heavy atom. The van der Waals surface area contributed by atoms with E-state index < -0.39 is 0 Å². The Morgan fingerprint density at radius 1 is 1.17 bits per heavy atom. The van der Waals surface area contributed by atoms with Gasteiger partial charge in [-0.1, -0.05) is 19.3 Å². The van der Waals surface area contributed by atoms with Crippen LogP contribution in [-0.2, 0) is 0 Å². The second kappa shape index (κ2) is 8.35. The zero-order valence-corrected chi connectivity index (χ0v) is 12.2.